The highest BCUT2D eigenvalue weighted by atomic mass is 35.5. The van der Waals surface area contributed by atoms with Gasteiger partial charge in [-0.25, -0.2) is 0 Å². The number of carbonyl (C=O) groups excluding carboxylic acids is 1. The lowest BCUT2D eigenvalue weighted by molar-refractivity contribution is -0.122. The fourth-order valence-electron chi connectivity index (χ4n) is 2.39. The van der Waals surface area contributed by atoms with E-state index in [1.807, 2.05) is 19.1 Å². The van der Waals surface area contributed by atoms with Gasteiger partial charge in [0.2, 0.25) is 5.13 Å². The van der Waals surface area contributed by atoms with Crippen LogP contribution in [0.15, 0.2) is 46.8 Å². The van der Waals surface area contributed by atoms with Crippen LogP contribution in [0.1, 0.15) is 23.6 Å². The molecule has 0 aliphatic heterocycles. The molecule has 5 nitrogen and oxygen atoms in total. The molecule has 0 spiro atoms. The van der Waals surface area contributed by atoms with Gasteiger partial charge in [0, 0.05) is 10.8 Å². The summed E-state index contributed by atoms with van der Waals surface area (Å²) in [7, 11) is 0. The van der Waals surface area contributed by atoms with Gasteiger partial charge >= 0.3 is 0 Å². The molecule has 1 amide bonds. The molecule has 0 aliphatic rings. The maximum atomic E-state index is 12.4. The fraction of sp³-hybridized carbons (Fsp3) is 0.250. The van der Waals surface area contributed by atoms with Gasteiger partial charge in [0.15, 0.2) is 10.4 Å². The Morgan fingerprint density at radius 2 is 2.00 bits per heavy atom. The molecule has 0 fully saturated rings. The molecular formula is C20H20ClN3O2S2. The number of rotatable bonds is 7. The second-order valence-corrected chi connectivity index (χ2v) is 8.86. The van der Waals surface area contributed by atoms with E-state index in [9.17, 15) is 4.79 Å². The number of benzene rings is 2. The normalized spacial score (nSPS) is 11.9. The van der Waals surface area contributed by atoms with E-state index < -0.39 is 6.10 Å². The van der Waals surface area contributed by atoms with Gasteiger partial charge in [0.1, 0.15) is 5.75 Å². The van der Waals surface area contributed by atoms with Crippen LogP contribution in [-0.4, -0.2) is 22.2 Å². The van der Waals surface area contributed by atoms with E-state index in [2.05, 4.69) is 34.6 Å². The van der Waals surface area contributed by atoms with Gasteiger partial charge in [-0.3, -0.25) is 10.1 Å². The Morgan fingerprint density at radius 1 is 1.21 bits per heavy atom. The predicted octanol–water partition coefficient (Wildman–Crippen LogP) is 5.51. The number of hydrogen-bond acceptors (Lipinski definition) is 6. The van der Waals surface area contributed by atoms with Crippen LogP contribution in [-0.2, 0) is 10.5 Å². The molecule has 8 heteroatoms. The molecule has 1 atom stereocenters. The molecule has 1 N–H and O–H groups in total. The molecule has 0 saturated carbocycles. The number of nitrogens with one attached hydrogen (secondary N) is 1. The van der Waals surface area contributed by atoms with E-state index in [4.69, 9.17) is 16.3 Å². The minimum atomic E-state index is -0.674. The topological polar surface area (TPSA) is 64.1 Å². The highest BCUT2D eigenvalue weighted by Crippen LogP contribution is 2.29. The molecule has 1 heterocycles. The average molecular weight is 434 g/mol. The van der Waals surface area contributed by atoms with E-state index in [1.54, 1.807) is 36.9 Å². The van der Waals surface area contributed by atoms with Crippen molar-refractivity contribution in [2.45, 2.75) is 37.0 Å². The first-order chi connectivity index (χ1) is 13.4. The Kier molecular flexibility index (Phi) is 6.93. The maximum absolute atomic E-state index is 12.4. The predicted molar refractivity (Wildman–Crippen MR) is 116 cm³/mol. The SMILES string of the molecule is Cc1cc(O[C@@H](C)C(=O)Nc2nnc(SCc3ccccc3C)s2)ccc1Cl. The number of carbonyl (C=O) groups is 1. The van der Waals surface area contributed by atoms with Gasteiger partial charge in [-0.2, -0.15) is 0 Å². The minimum Gasteiger partial charge on any atom is -0.481 e. The molecule has 28 heavy (non-hydrogen) atoms. The summed E-state index contributed by atoms with van der Waals surface area (Å²) in [6.07, 6.45) is -0.674. The third kappa shape index (κ3) is 5.47. The smallest absolute Gasteiger partial charge is 0.266 e. The molecule has 1 aromatic heterocycles. The third-order valence-corrected chi connectivity index (χ3v) is 6.51. The summed E-state index contributed by atoms with van der Waals surface area (Å²) in [4.78, 5) is 12.4. The van der Waals surface area contributed by atoms with Crippen molar-refractivity contribution in [3.63, 3.8) is 0 Å². The third-order valence-electron chi connectivity index (χ3n) is 4.06. The average Bonchev–Trinajstić information content (AvgIpc) is 3.11. The van der Waals surface area contributed by atoms with E-state index in [0.717, 1.165) is 15.7 Å². The first-order valence-electron chi connectivity index (χ1n) is 8.67. The lowest BCUT2D eigenvalue weighted by Gasteiger charge is -2.14. The van der Waals surface area contributed by atoms with Crippen molar-refractivity contribution < 1.29 is 9.53 Å². The molecule has 0 aliphatic carbocycles. The lowest BCUT2D eigenvalue weighted by atomic mass is 10.1. The Hall–Kier alpha value is -2.09. The van der Waals surface area contributed by atoms with Crippen molar-refractivity contribution in [1.29, 1.82) is 0 Å². The van der Waals surface area contributed by atoms with Crippen LogP contribution < -0.4 is 10.1 Å². The number of halogens is 1. The highest BCUT2D eigenvalue weighted by molar-refractivity contribution is 8.00. The zero-order valence-corrected chi connectivity index (χ0v) is 18.1. The van der Waals surface area contributed by atoms with Gasteiger partial charge in [-0.05, 0) is 55.7 Å². The quantitative estimate of drug-likeness (QED) is 0.393. The number of aryl methyl sites for hydroxylation is 2. The van der Waals surface area contributed by atoms with Crippen molar-refractivity contribution in [2.75, 3.05) is 5.32 Å². The molecule has 0 radical (unpaired) electrons. The van der Waals surface area contributed by atoms with Gasteiger partial charge in [-0.15, -0.1) is 10.2 Å². The number of hydrogen-bond donors (Lipinski definition) is 1. The molecule has 0 unspecified atom stereocenters. The Labute approximate surface area is 177 Å². The zero-order chi connectivity index (χ0) is 20.1. The maximum Gasteiger partial charge on any atom is 0.266 e. The van der Waals surface area contributed by atoms with Gasteiger partial charge in [0.05, 0.1) is 0 Å². The van der Waals surface area contributed by atoms with Gasteiger partial charge < -0.3 is 4.74 Å². The Bertz CT molecular complexity index is 978. The van der Waals surface area contributed by atoms with Crippen LogP contribution in [0, 0.1) is 13.8 Å². The number of ether oxygens (including phenoxy) is 1. The molecular weight excluding hydrogens is 414 g/mol. The largest absolute Gasteiger partial charge is 0.481 e. The van der Waals surface area contributed by atoms with Gasteiger partial charge in [0.25, 0.3) is 5.91 Å². The van der Waals surface area contributed by atoms with Crippen molar-refractivity contribution in [3.8, 4) is 5.75 Å². The summed E-state index contributed by atoms with van der Waals surface area (Å²) >= 11 is 8.96. The first kappa shape index (κ1) is 20.6. The van der Waals surface area contributed by atoms with Crippen molar-refractivity contribution in [1.82, 2.24) is 10.2 Å². The zero-order valence-electron chi connectivity index (χ0n) is 15.7. The van der Waals surface area contributed by atoms with E-state index >= 15 is 0 Å². The van der Waals surface area contributed by atoms with Crippen LogP contribution in [0.2, 0.25) is 5.02 Å². The monoisotopic (exact) mass is 433 g/mol. The molecule has 3 aromatic rings. The summed E-state index contributed by atoms with van der Waals surface area (Å²) in [5.74, 6) is 1.13. The number of amides is 1. The van der Waals surface area contributed by atoms with Crippen LogP contribution in [0.4, 0.5) is 5.13 Å². The molecule has 0 bridgehead atoms. The second-order valence-electron chi connectivity index (χ2n) is 6.25. The van der Waals surface area contributed by atoms with Crippen molar-refractivity contribution in [3.05, 3.63) is 64.2 Å². The number of thioether (sulfide) groups is 1. The van der Waals surface area contributed by atoms with Crippen LogP contribution in [0.3, 0.4) is 0 Å². The summed E-state index contributed by atoms with van der Waals surface area (Å²) in [5, 5.41) is 12.1. The molecule has 0 saturated heterocycles. The number of nitrogens with zero attached hydrogens (tertiary/aromatic N) is 2. The summed E-state index contributed by atoms with van der Waals surface area (Å²) in [6.45, 7) is 5.66. The first-order valence-corrected chi connectivity index (χ1v) is 10.8. The summed E-state index contributed by atoms with van der Waals surface area (Å²) in [6, 6.07) is 13.5. The van der Waals surface area contributed by atoms with Crippen molar-refractivity contribution >= 4 is 45.7 Å². The summed E-state index contributed by atoms with van der Waals surface area (Å²) < 4.78 is 6.50. The van der Waals surface area contributed by atoms with Crippen molar-refractivity contribution in [2.24, 2.45) is 0 Å². The molecule has 146 valence electrons. The Balaban J connectivity index is 1.54. The van der Waals surface area contributed by atoms with Crippen LogP contribution >= 0.6 is 34.7 Å². The standard InChI is InChI=1S/C20H20ClN3O2S2/c1-12-6-4-5-7-15(12)11-27-20-24-23-19(28-20)22-18(25)14(3)26-16-8-9-17(21)13(2)10-16/h4-10,14H,11H2,1-3H3,(H,22,23,25)/t14-/m0/s1. The van der Waals surface area contributed by atoms with E-state index in [1.165, 1.54) is 22.5 Å². The van der Waals surface area contributed by atoms with E-state index in [0.29, 0.717) is 15.9 Å². The number of aromatic nitrogens is 2. The molecule has 3 rings (SSSR count). The Morgan fingerprint density at radius 3 is 2.75 bits per heavy atom. The highest BCUT2D eigenvalue weighted by Gasteiger charge is 2.17. The van der Waals surface area contributed by atoms with Crippen LogP contribution in [0.5, 0.6) is 5.75 Å². The second kappa shape index (κ2) is 9.41. The van der Waals surface area contributed by atoms with E-state index in [-0.39, 0.29) is 5.91 Å². The van der Waals surface area contributed by atoms with Crippen LogP contribution in [0.25, 0.3) is 0 Å². The number of anilines is 1. The molecule has 2 aromatic carbocycles. The summed E-state index contributed by atoms with van der Waals surface area (Å²) in [5.41, 5.74) is 3.40. The lowest BCUT2D eigenvalue weighted by Crippen LogP contribution is -2.30. The fourth-order valence-corrected chi connectivity index (χ4v) is 4.33. The minimum absolute atomic E-state index is 0.279. The van der Waals surface area contributed by atoms with Gasteiger partial charge in [-0.1, -0.05) is 59.0 Å².